The second-order valence-electron chi connectivity index (χ2n) is 5.06. The fourth-order valence-corrected chi connectivity index (χ4v) is 3.63. The Kier molecular flexibility index (Phi) is 4.62. The number of nitrogens with one attached hydrogen (secondary N) is 1. The highest BCUT2D eigenvalue weighted by Gasteiger charge is 2.22. The maximum Gasteiger partial charge on any atom is 0.270 e. The molecule has 0 aliphatic carbocycles. The predicted molar refractivity (Wildman–Crippen MR) is 80.0 cm³/mol. The molecule has 0 aliphatic rings. The number of sulfonamides is 1. The van der Waals surface area contributed by atoms with E-state index in [1.165, 1.54) is 18.4 Å². The van der Waals surface area contributed by atoms with Crippen molar-refractivity contribution >= 4 is 15.7 Å². The maximum absolute atomic E-state index is 12.4. The fraction of sp³-hybridized carbons (Fsp3) is 0.286. The molecule has 1 aromatic heterocycles. The lowest BCUT2D eigenvalue weighted by molar-refractivity contribution is -0.385. The number of nitro benzene ring substituents is 1. The number of nitrogens with zero attached hydrogens (tertiary/aromatic N) is 1. The van der Waals surface area contributed by atoms with Crippen LogP contribution in [0.5, 0.6) is 0 Å². The first-order valence-corrected chi connectivity index (χ1v) is 8.06. The third kappa shape index (κ3) is 3.71. The summed E-state index contributed by atoms with van der Waals surface area (Å²) in [5.74, 6) is 0. The van der Waals surface area contributed by atoms with Crippen LogP contribution in [0.2, 0.25) is 0 Å². The molecule has 0 fully saturated rings. The van der Waals surface area contributed by atoms with Crippen LogP contribution >= 0.6 is 0 Å². The molecule has 1 heterocycles. The van der Waals surface area contributed by atoms with Crippen LogP contribution in [-0.4, -0.2) is 19.4 Å². The molecule has 1 N–H and O–H groups in total. The highest BCUT2D eigenvalue weighted by molar-refractivity contribution is 7.89. The van der Waals surface area contributed by atoms with Crippen LogP contribution in [-0.2, 0) is 16.4 Å². The van der Waals surface area contributed by atoms with E-state index in [0.717, 1.165) is 11.6 Å². The van der Waals surface area contributed by atoms with Crippen LogP contribution in [0.3, 0.4) is 0 Å². The number of nitro groups is 1. The molecule has 0 radical (unpaired) electrons. The van der Waals surface area contributed by atoms with Crippen molar-refractivity contribution in [1.29, 1.82) is 0 Å². The average molecular weight is 324 g/mol. The summed E-state index contributed by atoms with van der Waals surface area (Å²) < 4.78 is 32.3. The van der Waals surface area contributed by atoms with Crippen molar-refractivity contribution in [3.63, 3.8) is 0 Å². The number of aryl methyl sites for hydroxylation is 1. The first-order chi connectivity index (χ1) is 10.3. The monoisotopic (exact) mass is 324 g/mol. The number of rotatable bonds is 6. The van der Waals surface area contributed by atoms with Gasteiger partial charge in [0.15, 0.2) is 0 Å². The average Bonchev–Trinajstić information content (AvgIpc) is 2.90. The van der Waals surface area contributed by atoms with E-state index in [0.29, 0.717) is 12.0 Å². The van der Waals surface area contributed by atoms with Gasteiger partial charge in [0.05, 0.1) is 22.3 Å². The fourth-order valence-electron chi connectivity index (χ4n) is 2.12. The van der Waals surface area contributed by atoms with E-state index < -0.39 is 14.9 Å². The number of furan rings is 1. The Bertz CT molecular complexity index is 769. The molecular formula is C14H16N2O5S. The topological polar surface area (TPSA) is 102 Å². The van der Waals surface area contributed by atoms with Crippen LogP contribution in [0.15, 0.2) is 46.1 Å². The normalized spacial score (nSPS) is 13.0. The molecule has 1 aromatic carbocycles. The van der Waals surface area contributed by atoms with Gasteiger partial charge in [0.1, 0.15) is 0 Å². The molecular weight excluding hydrogens is 308 g/mol. The van der Waals surface area contributed by atoms with Gasteiger partial charge in [0, 0.05) is 18.2 Å². The minimum absolute atomic E-state index is 0.0826. The lowest BCUT2D eigenvalue weighted by Crippen LogP contribution is -2.34. The SMILES string of the molecule is Cc1ccc([N+](=O)[O-])cc1S(=O)(=O)NC(C)Cc1ccoc1. The van der Waals surface area contributed by atoms with Crippen LogP contribution in [0.1, 0.15) is 18.1 Å². The van der Waals surface area contributed by atoms with Crippen LogP contribution < -0.4 is 4.72 Å². The minimum Gasteiger partial charge on any atom is -0.472 e. The van der Waals surface area contributed by atoms with E-state index in [1.54, 1.807) is 26.2 Å². The molecule has 0 spiro atoms. The summed E-state index contributed by atoms with van der Waals surface area (Å²) in [5, 5.41) is 10.8. The Morgan fingerprint density at radius 3 is 2.68 bits per heavy atom. The van der Waals surface area contributed by atoms with Gasteiger partial charge < -0.3 is 4.42 Å². The molecule has 0 saturated heterocycles. The zero-order chi connectivity index (χ0) is 16.3. The number of hydrogen-bond donors (Lipinski definition) is 1. The lowest BCUT2D eigenvalue weighted by Gasteiger charge is -2.14. The molecule has 1 unspecified atom stereocenters. The zero-order valence-electron chi connectivity index (χ0n) is 12.1. The van der Waals surface area contributed by atoms with Gasteiger partial charge >= 0.3 is 0 Å². The molecule has 8 heteroatoms. The van der Waals surface area contributed by atoms with Crippen molar-refractivity contribution in [2.24, 2.45) is 0 Å². The summed E-state index contributed by atoms with van der Waals surface area (Å²) in [6, 6.07) is 5.16. The quantitative estimate of drug-likeness (QED) is 0.649. The number of hydrogen-bond acceptors (Lipinski definition) is 5. The predicted octanol–water partition coefficient (Wildman–Crippen LogP) is 2.41. The van der Waals surface area contributed by atoms with E-state index in [9.17, 15) is 18.5 Å². The Labute approximate surface area is 128 Å². The maximum atomic E-state index is 12.4. The molecule has 22 heavy (non-hydrogen) atoms. The number of non-ortho nitro benzene ring substituents is 1. The molecule has 118 valence electrons. The van der Waals surface area contributed by atoms with Crippen molar-refractivity contribution in [1.82, 2.24) is 4.72 Å². The largest absolute Gasteiger partial charge is 0.472 e. The summed E-state index contributed by atoms with van der Waals surface area (Å²) in [7, 11) is -3.83. The minimum atomic E-state index is -3.83. The number of benzene rings is 1. The van der Waals surface area contributed by atoms with Crippen LogP contribution in [0.25, 0.3) is 0 Å². The third-order valence-electron chi connectivity index (χ3n) is 3.15. The standard InChI is InChI=1S/C14H16N2O5S/c1-10-3-4-13(16(17)18)8-14(10)22(19,20)15-11(2)7-12-5-6-21-9-12/h3-6,8-9,11,15H,7H2,1-2H3. The zero-order valence-corrected chi connectivity index (χ0v) is 13.0. The van der Waals surface area contributed by atoms with E-state index in [2.05, 4.69) is 4.72 Å². The van der Waals surface area contributed by atoms with Crippen LogP contribution in [0, 0.1) is 17.0 Å². The second kappa shape index (κ2) is 6.29. The molecule has 2 aromatic rings. The van der Waals surface area contributed by atoms with Gasteiger partial charge in [0.25, 0.3) is 5.69 Å². The van der Waals surface area contributed by atoms with Gasteiger partial charge in [0.2, 0.25) is 10.0 Å². The highest BCUT2D eigenvalue weighted by atomic mass is 32.2. The van der Waals surface area contributed by atoms with E-state index >= 15 is 0 Å². The van der Waals surface area contributed by atoms with Crippen molar-refractivity contribution in [2.45, 2.75) is 31.2 Å². The second-order valence-corrected chi connectivity index (χ2v) is 6.75. The lowest BCUT2D eigenvalue weighted by atomic mass is 10.1. The Morgan fingerprint density at radius 1 is 1.36 bits per heavy atom. The third-order valence-corrected chi connectivity index (χ3v) is 4.88. The summed E-state index contributed by atoms with van der Waals surface area (Å²) in [6.07, 6.45) is 3.52. The van der Waals surface area contributed by atoms with Crippen molar-refractivity contribution in [3.8, 4) is 0 Å². The van der Waals surface area contributed by atoms with Gasteiger partial charge in [-0.15, -0.1) is 0 Å². The molecule has 0 aliphatic heterocycles. The smallest absolute Gasteiger partial charge is 0.270 e. The summed E-state index contributed by atoms with van der Waals surface area (Å²) in [4.78, 5) is 10.1. The summed E-state index contributed by atoms with van der Waals surface area (Å²) in [6.45, 7) is 3.32. The van der Waals surface area contributed by atoms with Crippen molar-refractivity contribution in [3.05, 3.63) is 58.0 Å². The summed E-state index contributed by atoms with van der Waals surface area (Å²) >= 11 is 0. The first kappa shape index (κ1) is 16.2. The van der Waals surface area contributed by atoms with Crippen molar-refractivity contribution < 1.29 is 17.8 Å². The van der Waals surface area contributed by atoms with E-state index in [-0.39, 0.29) is 16.6 Å². The molecule has 2 rings (SSSR count). The van der Waals surface area contributed by atoms with Gasteiger partial charge in [-0.3, -0.25) is 10.1 Å². The molecule has 0 saturated carbocycles. The van der Waals surface area contributed by atoms with Gasteiger partial charge in [-0.05, 0) is 37.5 Å². The van der Waals surface area contributed by atoms with Crippen molar-refractivity contribution in [2.75, 3.05) is 0 Å². The van der Waals surface area contributed by atoms with Gasteiger partial charge in [-0.25, -0.2) is 13.1 Å². The van der Waals surface area contributed by atoms with E-state index in [4.69, 9.17) is 4.42 Å². The molecule has 1 atom stereocenters. The summed E-state index contributed by atoms with van der Waals surface area (Å²) in [5.41, 5.74) is 1.06. The Morgan fingerprint density at radius 2 is 2.09 bits per heavy atom. The molecule has 0 bridgehead atoms. The highest BCUT2D eigenvalue weighted by Crippen LogP contribution is 2.22. The molecule has 7 nitrogen and oxygen atoms in total. The van der Waals surface area contributed by atoms with Gasteiger partial charge in [-0.2, -0.15) is 0 Å². The van der Waals surface area contributed by atoms with Crippen LogP contribution in [0.4, 0.5) is 5.69 Å². The van der Waals surface area contributed by atoms with Gasteiger partial charge in [-0.1, -0.05) is 6.07 Å². The Hall–Kier alpha value is -2.19. The Balaban J connectivity index is 2.22. The first-order valence-electron chi connectivity index (χ1n) is 6.58. The van der Waals surface area contributed by atoms with E-state index in [1.807, 2.05) is 0 Å². The molecule has 0 amide bonds.